The third-order valence-corrected chi connectivity index (χ3v) is 6.68. The number of anilines is 3. The van der Waals surface area contributed by atoms with Crippen molar-refractivity contribution in [2.75, 3.05) is 10.6 Å². The van der Waals surface area contributed by atoms with Crippen LogP contribution in [0.25, 0.3) is 21.3 Å². The van der Waals surface area contributed by atoms with Crippen LogP contribution in [0.1, 0.15) is 0 Å². The molecule has 3 aromatic carbocycles. The molecule has 0 saturated heterocycles. The minimum absolute atomic E-state index is 0.124. The maximum atomic E-state index is 13.2. The standard InChI is InChI=1S/C26H19BrN4O2S/c27-18-8-6-17(7-9-18)22-15-34-25-24(22)26(33)31(16-28-25)14-23(32)30-21-12-10-20(11-13-21)29-19-4-2-1-3-5-19/h1-13,15-16,29H,14H2,(H,30,32). The van der Waals surface area contributed by atoms with Crippen LogP contribution in [0.4, 0.5) is 17.1 Å². The van der Waals surface area contributed by atoms with Crippen molar-refractivity contribution in [3.63, 3.8) is 0 Å². The minimum Gasteiger partial charge on any atom is -0.356 e. The molecule has 168 valence electrons. The van der Waals surface area contributed by atoms with E-state index in [1.807, 2.05) is 84.2 Å². The highest BCUT2D eigenvalue weighted by atomic mass is 79.9. The van der Waals surface area contributed by atoms with Crippen LogP contribution in [0, 0.1) is 0 Å². The summed E-state index contributed by atoms with van der Waals surface area (Å²) in [5.74, 6) is -0.299. The Labute approximate surface area is 208 Å². The zero-order chi connectivity index (χ0) is 23.5. The van der Waals surface area contributed by atoms with Crippen LogP contribution in [-0.2, 0) is 11.3 Å². The molecular weight excluding hydrogens is 512 g/mol. The third kappa shape index (κ3) is 4.78. The van der Waals surface area contributed by atoms with E-state index in [0.29, 0.717) is 15.9 Å². The van der Waals surface area contributed by atoms with Gasteiger partial charge in [0.25, 0.3) is 5.56 Å². The number of fused-ring (bicyclic) bond motifs is 1. The van der Waals surface area contributed by atoms with Crippen LogP contribution in [0.2, 0.25) is 0 Å². The van der Waals surface area contributed by atoms with Gasteiger partial charge in [0, 0.05) is 32.5 Å². The molecule has 0 unspecified atom stereocenters. The molecule has 0 spiro atoms. The maximum absolute atomic E-state index is 13.2. The second-order valence-corrected chi connectivity index (χ2v) is 9.40. The van der Waals surface area contributed by atoms with Crippen LogP contribution in [-0.4, -0.2) is 15.5 Å². The minimum atomic E-state index is -0.299. The Balaban J connectivity index is 1.31. The first-order chi connectivity index (χ1) is 16.6. The van der Waals surface area contributed by atoms with Crippen molar-refractivity contribution in [1.29, 1.82) is 0 Å². The molecule has 34 heavy (non-hydrogen) atoms. The fraction of sp³-hybridized carbons (Fsp3) is 0.0385. The molecule has 1 amide bonds. The summed E-state index contributed by atoms with van der Waals surface area (Å²) in [5, 5.41) is 8.60. The molecule has 0 fully saturated rings. The lowest BCUT2D eigenvalue weighted by Gasteiger charge is -2.10. The fourth-order valence-electron chi connectivity index (χ4n) is 3.60. The van der Waals surface area contributed by atoms with Crippen molar-refractivity contribution in [3.05, 3.63) is 105 Å². The van der Waals surface area contributed by atoms with E-state index in [2.05, 4.69) is 31.5 Å². The number of carbonyl (C=O) groups excluding carboxylic acids is 1. The van der Waals surface area contributed by atoms with E-state index in [4.69, 9.17) is 0 Å². The molecule has 0 aliphatic carbocycles. The number of nitrogens with zero attached hydrogens (tertiary/aromatic N) is 2. The zero-order valence-electron chi connectivity index (χ0n) is 17.9. The Morgan fingerprint density at radius 1 is 0.912 bits per heavy atom. The monoisotopic (exact) mass is 530 g/mol. The summed E-state index contributed by atoms with van der Waals surface area (Å²) in [5.41, 5.74) is 4.06. The first kappa shape index (κ1) is 22.1. The van der Waals surface area contributed by atoms with E-state index in [1.54, 1.807) is 0 Å². The molecule has 0 bridgehead atoms. The molecule has 5 aromatic rings. The molecule has 6 nitrogen and oxygen atoms in total. The molecule has 8 heteroatoms. The number of para-hydroxylation sites is 1. The number of hydrogen-bond acceptors (Lipinski definition) is 5. The number of amides is 1. The predicted molar refractivity (Wildman–Crippen MR) is 142 cm³/mol. The lowest BCUT2D eigenvalue weighted by molar-refractivity contribution is -0.116. The number of thiophene rings is 1. The first-order valence-corrected chi connectivity index (χ1v) is 12.2. The van der Waals surface area contributed by atoms with E-state index >= 15 is 0 Å². The molecule has 2 N–H and O–H groups in total. The molecular formula is C26H19BrN4O2S. The van der Waals surface area contributed by atoms with Gasteiger partial charge in [-0.3, -0.25) is 14.2 Å². The Morgan fingerprint density at radius 2 is 1.59 bits per heavy atom. The maximum Gasteiger partial charge on any atom is 0.263 e. The van der Waals surface area contributed by atoms with Crippen LogP contribution < -0.4 is 16.2 Å². The van der Waals surface area contributed by atoms with Crippen molar-refractivity contribution in [2.45, 2.75) is 6.54 Å². The first-order valence-electron chi connectivity index (χ1n) is 10.5. The zero-order valence-corrected chi connectivity index (χ0v) is 20.3. The average molecular weight is 531 g/mol. The van der Waals surface area contributed by atoms with Crippen LogP contribution >= 0.6 is 27.3 Å². The Kier molecular flexibility index (Phi) is 6.24. The summed E-state index contributed by atoms with van der Waals surface area (Å²) in [4.78, 5) is 30.9. The second kappa shape index (κ2) is 9.62. The molecule has 0 radical (unpaired) electrons. The number of halogens is 1. The van der Waals surface area contributed by atoms with Gasteiger partial charge >= 0.3 is 0 Å². The van der Waals surface area contributed by atoms with Crippen LogP contribution in [0.5, 0.6) is 0 Å². The largest absolute Gasteiger partial charge is 0.356 e. The summed E-state index contributed by atoms with van der Waals surface area (Å²) in [6, 6.07) is 25.0. The molecule has 0 saturated carbocycles. The lowest BCUT2D eigenvalue weighted by atomic mass is 10.1. The van der Waals surface area contributed by atoms with E-state index < -0.39 is 0 Å². The van der Waals surface area contributed by atoms with Gasteiger partial charge in [-0.05, 0) is 54.1 Å². The second-order valence-electron chi connectivity index (χ2n) is 7.63. The highest BCUT2D eigenvalue weighted by Gasteiger charge is 2.15. The van der Waals surface area contributed by atoms with Crippen molar-refractivity contribution in [2.24, 2.45) is 0 Å². The Bertz CT molecular complexity index is 1510. The summed E-state index contributed by atoms with van der Waals surface area (Å²) in [6.45, 7) is -0.124. The van der Waals surface area contributed by atoms with E-state index in [0.717, 1.165) is 27.0 Å². The van der Waals surface area contributed by atoms with E-state index in [9.17, 15) is 9.59 Å². The lowest BCUT2D eigenvalue weighted by Crippen LogP contribution is -2.27. The fourth-order valence-corrected chi connectivity index (χ4v) is 4.77. The van der Waals surface area contributed by atoms with Gasteiger partial charge in [-0.25, -0.2) is 4.98 Å². The number of nitrogens with one attached hydrogen (secondary N) is 2. The quantitative estimate of drug-likeness (QED) is 0.271. The highest BCUT2D eigenvalue weighted by Crippen LogP contribution is 2.31. The number of carbonyl (C=O) groups is 1. The average Bonchev–Trinajstić information content (AvgIpc) is 3.28. The summed E-state index contributed by atoms with van der Waals surface area (Å²) < 4.78 is 2.31. The molecule has 2 heterocycles. The summed E-state index contributed by atoms with van der Waals surface area (Å²) in [7, 11) is 0. The molecule has 0 aliphatic rings. The van der Waals surface area contributed by atoms with Gasteiger partial charge in [-0.2, -0.15) is 0 Å². The molecule has 0 aliphatic heterocycles. The van der Waals surface area contributed by atoms with Crippen LogP contribution in [0.3, 0.4) is 0 Å². The Hall–Kier alpha value is -3.75. The SMILES string of the molecule is O=C(Cn1cnc2scc(-c3ccc(Br)cc3)c2c1=O)Nc1ccc(Nc2ccccc2)cc1. The van der Waals surface area contributed by atoms with Gasteiger partial charge in [0.2, 0.25) is 5.91 Å². The van der Waals surface area contributed by atoms with Gasteiger partial charge < -0.3 is 10.6 Å². The smallest absolute Gasteiger partial charge is 0.263 e. The van der Waals surface area contributed by atoms with Crippen molar-refractivity contribution in [3.8, 4) is 11.1 Å². The summed E-state index contributed by atoms with van der Waals surface area (Å²) in [6.07, 6.45) is 1.43. The van der Waals surface area contributed by atoms with Gasteiger partial charge in [0.05, 0.1) is 11.7 Å². The Morgan fingerprint density at radius 3 is 2.32 bits per heavy atom. The van der Waals surface area contributed by atoms with E-state index in [1.165, 1.54) is 22.2 Å². The van der Waals surface area contributed by atoms with Gasteiger partial charge in [-0.15, -0.1) is 11.3 Å². The predicted octanol–water partition coefficient (Wildman–Crippen LogP) is 6.27. The number of rotatable bonds is 6. The number of benzene rings is 3. The molecule has 5 rings (SSSR count). The topological polar surface area (TPSA) is 76.0 Å². The molecule has 2 aromatic heterocycles. The van der Waals surface area contributed by atoms with E-state index in [-0.39, 0.29) is 18.0 Å². The van der Waals surface area contributed by atoms with Gasteiger partial charge in [0.1, 0.15) is 11.4 Å². The number of hydrogen-bond donors (Lipinski definition) is 2. The van der Waals surface area contributed by atoms with Crippen molar-refractivity contribution < 1.29 is 4.79 Å². The van der Waals surface area contributed by atoms with Gasteiger partial charge in [0.15, 0.2) is 0 Å². The van der Waals surface area contributed by atoms with Gasteiger partial charge in [-0.1, -0.05) is 46.3 Å². The summed E-state index contributed by atoms with van der Waals surface area (Å²) >= 11 is 4.85. The third-order valence-electron chi connectivity index (χ3n) is 5.26. The molecule has 0 atom stereocenters. The number of aromatic nitrogens is 2. The van der Waals surface area contributed by atoms with Crippen molar-refractivity contribution in [1.82, 2.24) is 9.55 Å². The normalized spacial score (nSPS) is 10.9. The highest BCUT2D eigenvalue weighted by molar-refractivity contribution is 9.10. The van der Waals surface area contributed by atoms with Crippen molar-refractivity contribution >= 4 is 60.5 Å². The van der Waals surface area contributed by atoms with Crippen LogP contribution in [0.15, 0.2) is 99.8 Å².